The Balaban J connectivity index is 4.70. The van der Waals surface area contributed by atoms with Gasteiger partial charge in [0, 0.05) is 13.2 Å². The maximum atomic E-state index is 3.99. The molecule has 1 N–H and O–H groups in total. The normalized spacial score (nSPS) is 11.3. The van der Waals surface area contributed by atoms with Gasteiger partial charge in [0.05, 0.1) is 0 Å². The Morgan fingerprint density at radius 1 is 1.13 bits per heavy atom. The smallest absolute Gasteiger partial charge is 0.00407 e. The fourth-order valence-corrected chi connectivity index (χ4v) is 0.927. The second-order valence-electron chi connectivity index (χ2n) is 3.63. The third-order valence-electron chi connectivity index (χ3n) is 2.21. The van der Waals surface area contributed by atoms with Crippen molar-refractivity contribution >= 4 is 0 Å². The Hall–Kier alpha value is -1.50. The number of nitrogens with one attached hydrogen (secondary N) is 1. The van der Waals surface area contributed by atoms with Gasteiger partial charge in [0.25, 0.3) is 0 Å². The Morgan fingerprint density at radius 2 is 1.73 bits per heavy atom. The summed E-state index contributed by atoms with van der Waals surface area (Å²) in [5.41, 5.74) is 4.55. The molecule has 0 saturated heterocycles. The summed E-state index contributed by atoms with van der Waals surface area (Å²) in [5, 5.41) is 2.97. The van der Waals surface area contributed by atoms with Crippen molar-refractivity contribution in [1.29, 1.82) is 0 Å². The molecule has 0 aromatic rings. The Labute approximate surface area is 93.6 Å². The van der Waals surface area contributed by atoms with Crippen LogP contribution in [0.1, 0.15) is 20.8 Å². The van der Waals surface area contributed by atoms with Crippen molar-refractivity contribution in [3.8, 4) is 0 Å². The fraction of sp³-hybridized carbons (Fsp3) is 0.286. The predicted molar refractivity (Wildman–Crippen MR) is 69.7 cm³/mol. The minimum atomic E-state index is 0.958. The minimum absolute atomic E-state index is 0.958. The van der Waals surface area contributed by atoms with E-state index in [2.05, 4.69) is 45.3 Å². The molecule has 1 heteroatoms. The molecule has 0 amide bonds. The molecule has 0 heterocycles. The van der Waals surface area contributed by atoms with Crippen LogP contribution in [0.2, 0.25) is 0 Å². The molecule has 0 radical (unpaired) electrons. The number of allylic oxidation sites excluding steroid dienone is 7. The summed E-state index contributed by atoms with van der Waals surface area (Å²) in [5.74, 6) is 0. The van der Waals surface area contributed by atoms with Gasteiger partial charge in [-0.2, -0.15) is 0 Å². The molecule has 0 aliphatic heterocycles. The summed E-state index contributed by atoms with van der Waals surface area (Å²) in [7, 11) is 1.86. The number of rotatable bonds is 5. The number of hydrogen-bond acceptors (Lipinski definition) is 1. The highest BCUT2D eigenvalue weighted by atomic mass is 14.8. The lowest BCUT2D eigenvalue weighted by molar-refractivity contribution is 1.09. The highest BCUT2D eigenvalue weighted by Gasteiger charge is 1.93. The van der Waals surface area contributed by atoms with Crippen LogP contribution in [0.3, 0.4) is 0 Å². The SMILES string of the molecule is C=C/C(=C\NC)C(=C)/C=C\C(C)=C(C)C. The maximum absolute atomic E-state index is 3.99. The Morgan fingerprint density at radius 3 is 2.13 bits per heavy atom. The molecule has 0 atom stereocenters. The van der Waals surface area contributed by atoms with Crippen molar-refractivity contribution in [2.75, 3.05) is 7.05 Å². The first-order valence-electron chi connectivity index (χ1n) is 5.04. The third-order valence-corrected chi connectivity index (χ3v) is 2.21. The predicted octanol–water partition coefficient (Wildman–Crippen LogP) is 3.74. The molecule has 0 saturated carbocycles. The molecule has 0 unspecified atom stereocenters. The first-order valence-corrected chi connectivity index (χ1v) is 5.04. The zero-order chi connectivity index (χ0) is 11.8. The summed E-state index contributed by atoms with van der Waals surface area (Å²) in [6.45, 7) is 14.0. The molecule has 0 aliphatic rings. The van der Waals surface area contributed by atoms with Crippen molar-refractivity contribution in [2.45, 2.75) is 20.8 Å². The van der Waals surface area contributed by atoms with Crippen LogP contribution in [0.4, 0.5) is 0 Å². The van der Waals surface area contributed by atoms with Gasteiger partial charge in [-0.1, -0.05) is 42.5 Å². The van der Waals surface area contributed by atoms with Gasteiger partial charge in [0.1, 0.15) is 0 Å². The van der Waals surface area contributed by atoms with Gasteiger partial charge in [-0.15, -0.1) is 0 Å². The molecule has 0 spiro atoms. The molecular formula is C14H21N. The second kappa shape index (κ2) is 6.88. The number of hydrogen-bond donors (Lipinski definition) is 1. The molecule has 0 fully saturated rings. The highest BCUT2D eigenvalue weighted by molar-refractivity contribution is 5.45. The molecule has 0 bridgehead atoms. The molecule has 1 nitrogen and oxygen atoms in total. The summed E-state index contributed by atoms with van der Waals surface area (Å²) in [4.78, 5) is 0. The van der Waals surface area contributed by atoms with Gasteiger partial charge >= 0.3 is 0 Å². The van der Waals surface area contributed by atoms with Gasteiger partial charge in [-0.05, 0) is 31.9 Å². The standard InChI is InChI=1S/C14H21N/c1-7-14(10-15-6)13(5)9-8-12(4)11(2)3/h7-10,15H,1,5H2,2-4,6H3/b9-8-,14-10+. The first kappa shape index (κ1) is 13.5. The maximum Gasteiger partial charge on any atom is 0.00407 e. The van der Waals surface area contributed by atoms with E-state index in [1.807, 2.05) is 19.3 Å². The lowest BCUT2D eigenvalue weighted by Crippen LogP contribution is -1.95. The summed E-state index contributed by atoms with van der Waals surface area (Å²) < 4.78 is 0. The average molecular weight is 203 g/mol. The molecule has 15 heavy (non-hydrogen) atoms. The summed E-state index contributed by atoms with van der Waals surface area (Å²) in [6, 6.07) is 0. The third kappa shape index (κ3) is 5.06. The van der Waals surface area contributed by atoms with Crippen molar-refractivity contribution < 1.29 is 0 Å². The Kier molecular flexibility index (Phi) is 6.19. The first-order chi connectivity index (χ1) is 7.02. The van der Waals surface area contributed by atoms with E-state index in [0.717, 1.165) is 11.1 Å². The highest BCUT2D eigenvalue weighted by Crippen LogP contribution is 2.12. The molecule has 0 rings (SSSR count). The van der Waals surface area contributed by atoms with Crippen LogP contribution < -0.4 is 5.32 Å². The van der Waals surface area contributed by atoms with Gasteiger partial charge in [-0.25, -0.2) is 0 Å². The summed E-state index contributed by atoms with van der Waals surface area (Å²) in [6.07, 6.45) is 7.76. The van der Waals surface area contributed by atoms with Crippen LogP contribution in [0, 0.1) is 0 Å². The zero-order valence-corrected chi connectivity index (χ0v) is 10.2. The van der Waals surface area contributed by atoms with E-state index in [4.69, 9.17) is 0 Å². The lowest BCUT2D eigenvalue weighted by Gasteiger charge is -2.02. The molecule has 82 valence electrons. The van der Waals surface area contributed by atoms with Gasteiger partial charge in [0.2, 0.25) is 0 Å². The van der Waals surface area contributed by atoms with Crippen LogP contribution in [-0.2, 0) is 0 Å². The Bertz CT molecular complexity index is 323. The van der Waals surface area contributed by atoms with E-state index in [9.17, 15) is 0 Å². The lowest BCUT2D eigenvalue weighted by atomic mass is 10.1. The van der Waals surface area contributed by atoms with Crippen LogP contribution in [0.25, 0.3) is 0 Å². The quantitative estimate of drug-likeness (QED) is 0.671. The van der Waals surface area contributed by atoms with E-state index in [1.54, 1.807) is 6.08 Å². The van der Waals surface area contributed by atoms with Gasteiger partial charge < -0.3 is 5.32 Å². The topological polar surface area (TPSA) is 12.0 Å². The van der Waals surface area contributed by atoms with Crippen LogP contribution in [-0.4, -0.2) is 7.05 Å². The van der Waals surface area contributed by atoms with Crippen molar-refractivity contribution in [3.63, 3.8) is 0 Å². The molecule has 0 aliphatic carbocycles. The summed E-state index contributed by atoms with van der Waals surface area (Å²) >= 11 is 0. The van der Waals surface area contributed by atoms with Crippen LogP contribution in [0.15, 0.2) is 59.9 Å². The van der Waals surface area contributed by atoms with Gasteiger partial charge in [-0.3, -0.25) is 0 Å². The molecular weight excluding hydrogens is 182 g/mol. The van der Waals surface area contributed by atoms with E-state index in [1.165, 1.54) is 11.1 Å². The van der Waals surface area contributed by atoms with E-state index < -0.39 is 0 Å². The van der Waals surface area contributed by atoms with E-state index in [0.29, 0.717) is 0 Å². The molecule has 0 aromatic carbocycles. The zero-order valence-electron chi connectivity index (χ0n) is 10.2. The largest absolute Gasteiger partial charge is 0.393 e. The fourth-order valence-electron chi connectivity index (χ4n) is 0.927. The monoisotopic (exact) mass is 203 g/mol. The molecule has 0 aromatic heterocycles. The second-order valence-corrected chi connectivity index (χ2v) is 3.63. The van der Waals surface area contributed by atoms with E-state index in [-0.39, 0.29) is 0 Å². The van der Waals surface area contributed by atoms with Crippen molar-refractivity contribution in [1.82, 2.24) is 5.32 Å². The van der Waals surface area contributed by atoms with Crippen LogP contribution in [0.5, 0.6) is 0 Å². The van der Waals surface area contributed by atoms with Crippen LogP contribution >= 0.6 is 0 Å². The average Bonchev–Trinajstić information content (AvgIpc) is 2.21. The van der Waals surface area contributed by atoms with Gasteiger partial charge in [0.15, 0.2) is 0 Å². The van der Waals surface area contributed by atoms with Crippen molar-refractivity contribution in [3.05, 3.63) is 59.9 Å². The minimum Gasteiger partial charge on any atom is -0.393 e. The van der Waals surface area contributed by atoms with Crippen molar-refractivity contribution in [2.24, 2.45) is 0 Å². The van der Waals surface area contributed by atoms with E-state index >= 15 is 0 Å².